The second-order valence-corrected chi connectivity index (χ2v) is 8.67. The highest BCUT2D eigenvalue weighted by Gasteiger charge is 2.25. The molecule has 7 nitrogen and oxygen atoms in total. The van der Waals surface area contributed by atoms with Crippen molar-refractivity contribution < 1.29 is 9.66 Å². The lowest BCUT2D eigenvalue weighted by Gasteiger charge is -2.31. The van der Waals surface area contributed by atoms with Gasteiger partial charge in [-0.15, -0.1) is 0 Å². The molecule has 1 aliphatic heterocycles. The third-order valence-electron chi connectivity index (χ3n) is 5.40. The Balaban J connectivity index is 1.62. The predicted molar refractivity (Wildman–Crippen MR) is 135 cm³/mol. The maximum atomic E-state index is 11.1. The van der Waals surface area contributed by atoms with E-state index < -0.39 is 0 Å². The van der Waals surface area contributed by atoms with Gasteiger partial charge in [0.2, 0.25) is 0 Å². The smallest absolute Gasteiger partial charge is 0.270 e. The number of non-ortho nitro benzene ring substituents is 1. The number of benzene rings is 2. The summed E-state index contributed by atoms with van der Waals surface area (Å²) in [6.07, 6.45) is 7.37. The zero-order valence-electron chi connectivity index (χ0n) is 17.5. The van der Waals surface area contributed by atoms with E-state index in [1.165, 1.54) is 6.07 Å². The lowest BCUT2D eigenvalue weighted by molar-refractivity contribution is -0.384. The molecule has 1 fully saturated rings. The van der Waals surface area contributed by atoms with Gasteiger partial charge in [-0.25, -0.2) is 0 Å². The van der Waals surface area contributed by atoms with E-state index in [2.05, 4.69) is 37.7 Å². The van der Waals surface area contributed by atoms with Gasteiger partial charge >= 0.3 is 0 Å². The number of morpholine rings is 1. The van der Waals surface area contributed by atoms with E-state index in [1.54, 1.807) is 18.3 Å². The van der Waals surface area contributed by atoms with E-state index >= 15 is 0 Å². The van der Waals surface area contributed by atoms with Crippen molar-refractivity contribution >= 4 is 46.8 Å². The minimum atomic E-state index is -0.362. The monoisotopic (exact) mass is 542 g/mol. The summed E-state index contributed by atoms with van der Waals surface area (Å²) in [6.45, 7) is 2.99. The van der Waals surface area contributed by atoms with Gasteiger partial charge < -0.3 is 9.64 Å². The normalized spacial score (nSPS) is 18.4. The van der Waals surface area contributed by atoms with Crippen molar-refractivity contribution in [3.8, 4) is 0 Å². The molecule has 0 atom stereocenters. The fourth-order valence-corrected chi connectivity index (χ4v) is 4.41. The highest BCUT2D eigenvalue weighted by molar-refractivity contribution is 14.1. The molecule has 1 heterocycles. The number of hydrogen-bond acceptors (Lipinski definition) is 6. The van der Waals surface area contributed by atoms with Crippen LogP contribution in [0.3, 0.4) is 0 Å². The molecule has 0 amide bonds. The molecule has 0 aromatic heterocycles. The van der Waals surface area contributed by atoms with Gasteiger partial charge in [-0.3, -0.25) is 10.1 Å². The van der Waals surface area contributed by atoms with Crippen molar-refractivity contribution in [1.82, 2.24) is 4.90 Å². The summed E-state index contributed by atoms with van der Waals surface area (Å²) in [5, 5.41) is 19.7. The summed E-state index contributed by atoms with van der Waals surface area (Å²) in [7, 11) is 0. The molecule has 0 radical (unpaired) electrons. The maximum absolute atomic E-state index is 11.1. The first-order valence-electron chi connectivity index (χ1n) is 10.4. The van der Waals surface area contributed by atoms with E-state index in [-0.39, 0.29) is 10.6 Å². The number of ether oxygens (including phenoxy) is 1. The second kappa shape index (κ2) is 10.6. The van der Waals surface area contributed by atoms with Crippen LogP contribution in [0.4, 0.5) is 5.69 Å². The molecular formula is C24H23IN4O3. The van der Waals surface area contributed by atoms with Crippen molar-refractivity contribution in [2.24, 2.45) is 10.2 Å². The van der Waals surface area contributed by atoms with Gasteiger partial charge in [0.1, 0.15) is 0 Å². The molecular weight excluding hydrogens is 519 g/mol. The van der Waals surface area contributed by atoms with E-state index in [1.807, 2.05) is 42.6 Å². The Hall–Kier alpha value is -2.85. The van der Waals surface area contributed by atoms with Gasteiger partial charge in [0.05, 0.1) is 30.6 Å². The maximum Gasteiger partial charge on any atom is 0.270 e. The lowest BCUT2D eigenvalue weighted by atomic mass is 10.1. The highest BCUT2D eigenvalue weighted by atomic mass is 127. The summed E-state index contributed by atoms with van der Waals surface area (Å²) >= 11 is 2.28. The van der Waals surface area contributed by atoms with Gasteiger partial charge in [-0.1, -0.05) is 30.3 Å². The molecule has 1 aliphatic carbocycles. The summed E-state index contributed by atoms with van der Waals surface area (Å²) < 4.78 is 6.66. The number of nitrogens with zero attached hydrogens (tertiary/aromatic N) is 4. The van der Waals surface area contributed by atoms with E-state index in [4.69, 9.17) is 4.74 Å². The number of hydrogen-bond donors (Lipinski definition) is 0. The average molecular weight is 542 g/mol. The van der Waals surface area contributed by atoms with Crippen LogP contribution in [-0.2, 0) is 4.74 Å². The van der Waals surface area contributed by atoms with Crippen molar-refractivity contribution in [2.75, 3.05) is 26.3 Å². The minimum absolute atomic E-state index is 0.0981. The van der Waals surface area contributed by atoms with Crippen LogP contribution in [0, 0.1) is 13.7 Å². The summed E-state index contributed by atoms with van der Waals surface area (Å²) in [5.74, 6) is 0. The molecule has 0 saturated carbocycles. The van der Waals surface area contributed by atoms with Gasteiger partial charge in [-0.2, -0.15) is 10.2 Å². The van der Waals surface area contributed by atoms with Crippen molar-refractivity contribution in [3.63, 3.8) is 0 Å². The fourth-order valence-electron chi connectivity index (χ4n) is 3.88. The fraction of sp³-hybridized carbons (Fsp3) is 0.250. The number of nitro groups is 1. The lowest BCUT2D eigenvalue weighted by Crippen LogP contribution is -2.36. The Morgan fingerprint density at radius 1 is 1.03 bits per heavy atom. The Morgan fingerprint density at radius 2 is 1.81 bits per heavy atom. The Bertz CT molecular complexity index is 1120. The third kappa shape index (κ3) is 5.49. The van der Waals surface area contributed by atoms with Crippen molar-refractivity contribution in [2.45, 2.75) is 12.8 Å². The van der Waals surface area contributed by atoms with Gasteiger partial charge in [0, 0.05) is 40.1 Å². The van der Waals surface area contributed by atoms with Crippen LogP contribution < -0.4 is 0 Å². The van der Waals surface area contributed by atoms with Crippen LogP contribution in [-0.4, -0.2) is 48.6 Å². The van der Waals surface area contributed by atoms with E-state index in [0.29, 0.717) is 13.2 Å². The molecule has 2 aromatic rings. The standard InChI is InChI=1S/C24H23IN4O3/c25-23-7-2-1-5-20(23)16-26-27-17-21-9-8-19(24(21)28-10-12-32-13-11-28)14-18-4-3-6-22(15-18)29(30)31/h1-7,14-17H,8-13H2/b19-14-,26-16+,27-17?. The first kappa shape index (κ1) is 22.3. The van der Waals surface area contributed by atoms with Crippen LogP contribution >= 0.6 is 22.6 Å². The molecule has 4 rings (SSSR count). The topological polar surface area (TPSA) is 80.3 Å². The Labute approximate surface area is 200 Å². The quantitative estimate of drug-likeness (QED) is 0.221. The number of nitro benzene ring substituents is 1. The molecule has 0 unspecified atom stereocenters. The van der Waals surface area contributed by atoms with E-state index in [0.717, 1.165) is 57.5 Å². The van der Waals surface area contributed by atoms with Crippen LogP contribution in [0.2, 0.25) is 0 Å². The molecule has 1 saturated heterocycles. The van der Waals surface area contributed by atoms with Gasteiger partial charge in [0.25, 0.3) is 5.69 Å². The predicted octanol–water partition coefficient (Wildman–Crippen LogP) is 5.07. The molecule has 0 N–H and O–H groups in total. The Morgan fingerprint density at radius 3 is 2.59 bits per heavy atom. The molecule has 2 aromatic carbocycles. The molecule has 32 heavy (non-hydrogen) atoms. The van der Waals surface area contributed by atoms with E-state index in [9.17, 15) is 10.1 Å². The van der Waals surface area contributed by atoms with Crippen molar-refractivity contribution in [1.29, 1.82) is 0 Å². The van der Waals surface area contributed by atoms with Gasteiger partial charge in [0.15, 0.2) is 0 Å². The van der Waals surface area contributed by atoms with Crippen molar-refractivity contribution in [3.05, 3.63) is 90.2 Å². The molecule has 8 heteroatoms. The number of rotatable bonds is 6. The largest absolute Gasteiger partial charge is 0.378 e. The molecule has 0 bridgehead atoms. The number of halogens is 1. The van der Waals surface area contributed by atoms with Crippen LogP contribution in [0.15, 0.2) is 75.6 Å². The zero-order valence-corrected chi connectivity index (χ0v) is 19.6. The second-order valence-electron chi connectivity index (χ2n) is 7.51. The first-order chi connectivity index (χ1) is 15.6. The molecule has 164 valence electrons. The summed E-state index contributed by atoms with van der Waals surface area (Å²) in [5.41, 5.74) is 5.40. The number of allylic oxidation sites excluding steroid dienone is 2. The Kier molecular flexibility index (Phi) is 7.43. The summed E-state index contributed by atoms with van der Waals surface area (Å²) in [4.78, 5) is 13.1. The third-order valence-corrected chi connectivity index (χ3v) is 6.39. The SMILES string of the molecule is O=[N+]([O-])c1cccc(/C=C2/CCC(C=N/N=C/c3ccccc3I)=C2N2CCOCC2)c1. The minimum Gasteiger partial charge on any atom is -0.378 e. The van der Waals surface area contributed by atoms with Crippen LogP contribution in [0.5, 0.6) is 0 Å². The first-order valence-corrected chi connectivity index (χ1v) is 11.5. The molecule has 2 aliphatic rings. The van der Waals surface area contributed by atoms with Gasteiger partial charge in [-0.05, 0) is 64.3 Å². The average Bonchev–Trinajstić information content (AvgIpc) is 3.20. The molecule has 0 spiro atoms. The zero-order chi connectivity index (χ0) is 22.3. The summed E-state index contributed by atoms with van der Waals surface area (Å²) in [6, 6.07) is 14.8. The van der Waals surface area contributed by atoms with Crippen LogP contribution in [0.25, 0.3) is 6.08 Å². The van der Waals surface area contributed by atoms with Crippen LogP contribution in [0.1, 0.15) is 24.0 Å². The highest BCUT2D eigenvalue weighted by Crippen LogP contribution is 2.35.